The number of benzene rings is 2. The van der Waals surface area contributed by atoms with Crippen molar-refractivity contribution in [1.82, 2.24) is 9.97 Å². The third-order valence-electron chi connectivity index (χ3n) is 3.90. The smallest absolute Gasteiger partial charge is 0.231 e. The summed E-state index contributed by atoms with van der Waals surface area (Å²) in [5.41, 5.74) is 2.24. The van der Waals surface area contributed by atoms with Crippen LogP contribution in [0.2, 0.25) is 0 Å². The summed E-state index contributed by atoms with van der Waals surface area (Å²) < 4.78 is 5.18. The summed E-state index contributed by atoms with van der Waals surface area (Å²) >= 11 is 0. The molecule has 0 amide bonds. The second-order valence-electron chi connectivity index (χ2n) is 5.52. The molecule has 5 heteroatoms. The van der Waals surface area contributed by atoms with Crippen molar-refractivity contribution in [3.05, 3.63) is 72.4 Å². The van der Waals surface area contributed by atoms with E-state index in [1.54, 1.807) is 13.3 Å². The van der Waals surface area contributed by atoms with Crippen LogP contribution in [0.1, 0.15) is 12.5 Å². The van der Waals surface area contributed by atoms with E-state index < -0.39 is 0 Å². The molecule has 3 rings (SSSR count). The van der Waals surface area contributed by atoms with Crippen molar-refractivity contribution in [2.75, 3.05) is 23.9 Å². The number of anilines is 3. The number of para-hydroxylation sites is 1. The molecule has 0 bridgehead atoms. The Morgan fingerprint density at radius 2 is 1.76 bits per heavy atom. The Kier molecular flexibility index (Phi) is 5.46. The van der Waals surface area contributed by atoms with E-state index in [0.29, 0.717) is 12.5 Å². The standard InChI is InChI=1S/C20H22N4O/c1-3-24(17-7-5-4-6-8-17)20-21-14-13-19(23-20)22-15-16-9-11-18(25-2)12-10-16/h4-14H,3,15H2,1-2H3,(H,21,22,23). The minimum Gasteiger partial charge on any atom is -0.497 e. The molecule has 0 atom stereocenters. The minimum atomic E-state index is 0.688. The molecular formula is C20H22N4O. The van der Waals surface area contributed by atoms with Crippen molar-refractivity contribution in [3.8, 4) is 5.75 Å². The number of rotatable bonds is 7. The van der Waals surface area contributed by atoms with Crippen molar-refractivity contribution in [1.29, 1.82) is 0 Å². The summed E-state index contributed by atoms with van der Waals surface area (Å²) in [7, 11) is 1.67. The second kappa shape index (κ2) is 8.15. The molecule has 0 fully saturated rings. The van der Waals surface area contributed by atoms with E-state index in [9.17, 15) is 0 Å². The van der Waals surface area contributed by atoms with Gasteiger partial charge in [-0.3, -0.25) is 0 Å². The van der Waals surface area contributed by atoms with Crippen molar-refractivity contribution >= 4 is 17.5 Å². The first-order chi connectivity index (χ1) is 12.3. The van der Waals surface area contributed by atoms with Crippen LogP contribution in [-0.2, 0) is 6.54 Å². The molecule has 0 aliphatic rings. The molecule has 1 heterocycles. The normalized spacial score (nSPS) is 10.3. The van der Waals surface area contributed by atoms with Crippen molar-refractivity contribution in [3.63, 3.8) is 0 Å². The van der Waals surface area contributed by atoms with E-state index >= 15 is 0 Å². The molecule has 0 saturated carbocycles. The van der Waals surface area contributed by atoms with Crippen LogP contribution in [0.5, 0.6) is 5.75 Å². The van der Waals surface area contributed by atoms with Gasteiger partial charge in [0.05, 0.1) is 7.11 Å². The van der Waals surface area contributed by atoms with Crippen LogP contribution >= 0.6 is 0 Å². The SMILES string of the molecule is CCN(c1ccccc1)c1nccc(NCc2ccc(OC)cc2)n1. The van der Waals surface area contributed by atoms with Gasteiger partial charge in [-0.15, -0.1) is 0 Å². The molecule has 0 unspecified atom stereocenters. The van der Waals surface area contributed by atoms with E-state index in [2.05, 4.69) is 39.2 Å². The number of aromatic nitrogens is 2. The highest BCUT2D eigenvalue weighted by molar-refractivity contribution is 5.58. The molecule has 2 aromatic carbocycles. The van der Waals surface area contributed by atoms with Gasteiger partial charge in [0.15, 0.2) is 0 Å². The van der Waals surface area contributed by atoms with Crippen LogP contribution in [0, 0.1) is 0 Å². The largest absolute Gasteiger partial charge is 0.497 e. The zero-order valence-corrected chi connectivity index (χ0v) is 14.5. The molecule has 25 heavy (non-hydrogen) atoms. The van der Waals surface area contributed by atoms with Crippen LogP contribution in [0.15, 0.2) is 66.9 Å². The maximum atomic E-state index is 5.18. The fraction of sp³-hybridized carbons (Fsp3) is 0.200. The third-order valence-corrected chi connectivity index (χ3v) is 3.90. The molecule has 0 spiro atoms. The lowest BCUT2D eigenvalue weighted by Gasteiger charge is -2.21. The Morgan fingerprint density at radius 1 is 1.00 bits per heavy atom. The lowest BCUT2D eigenvalue weighted by Crippen LogP contribution is -2.19. The average Bonchev–Trinajstić information content (AvgIpc) is 2.68. The Morgan fingerprint density at radius 3 is 2.44 bits per heavy atom. The zero-order valence-electron chi connectivity index (χ0n) is 14.5. The van der Waals surface area contributed by atoms with E-state index in [1.807, 2.05) is 48.5 Å². The number of hydrogen-bond acceptors (Lipinski definition) is 5. The van der Waals surface area contributed by atoms with Crippen LogP contribution in [0.4, 0.5) is 17.5 Å². The molecule has 0 radical (unpaired) electrons. The van der Waals surface area contributed by atoms with Crippen molar-refractivity contribution in [2.24, 2.45) is 0 Å². The molecule has 0 aliphatic heterocycles. The quantitative estimate of drug-likeness (QED) is 0.700. The highest BCUT2D eigenvalue weighted by atomic mass is 16.5. The monoisotopic (exact) mass is 334 g/mol. The molecule has 1 N–H and O–H groups in total. The van der Waals surface area contributed by atoms with Gasteiger partial charge in [-0.05, 0) is 42.8 Å². The number of nitrogens with zero attached hydrogens (tertiary/aromatic N) is 3. The van der Waals surface area contributed by atoms with Gasteiger partial charge in [-0.1, -0.05) is 30.3 Å². The maximum Gasteiger partial charge on any atom is 0.231 e. The number of hydrogen-bond donors (Lipinski definition) is 1. The first kappa shape index (κ1) is 16.8. The zero-order chi connectivity index (χ0) is 17.5. The molecule has 3 aromatic rings. The Bertz CT molecular complexity index is 790. The molecular weight excluding hydrogens is 312 g/mol. The lowest BCUT2D eigenvalue weighted by atomic mass is 10.2. The molecule has 128 valence electrons. The summed E-state index contributed by atoms with van der Waals surface area (Å²) in [6, 6.07) is 20.0. The average molecular weight is 334 g/mol. The highest BCUT2D eigenvalue weighted by Crippen LogP contribution is 2.22. The predicted octanol–water partition coefficient (Wildman–Crippen LogP) is 4.26. The van der Waals surface area contributed by atoms with E-state index in [-0.39, 0.29) is 0 Å². The summed E-state index contributed by atoms with van der Waals surface area (Å²) in [4.78, 5) is 11.2. The summed E-state index contributed by atoms with van der Waals surface area (Å²) in [6.07, 6.45) is 1.78. The van der Waals surface area contributed by atoms with Crippen molar-refractivity contribution in [2.45, 2.75) is 13.5 Å². The van der Waals surface area contributed by atoms with Gasteiger partial charge in [0.25, 0.3) is 0 Å². The molecule has 0 aliphatic carbocycles. The summed E-state index contributed by atoms with van der Waals surface area (Å²) in [5.74, 6) is 2.35. The number of methoxy groups -OCH3 is 1. The summed E-state index contributed by atoms with van der Waals surface area (Å²) in [6.45, 7) is 3.58. The van der Waals surface area contributed by atoms with Crippen LogP contribution in [0.25, 0.3) is 0 Å². The van der Waals surface area contributed by atoms with E-state index in [4.69, 9.17) is 4.74 Å². The Labute approximate surface area is 148 Å². The van der Waals surface area contributed by atoms with Crippen LogP contribution < -0.4 is 15.0 Å². The molecule has 0 saturated heterocycles. The van der Waals surface area contributed by atoms with Gasteiger partial charge in [0.1, 0.15) is 11.6 Å². The van der Waals surface area contributed by atoms with Gasteiger partial charge >= 0.3 is 0 Å². The number of ether oxygens (including phenoxy) is 1. The fourth-order valence-corrected chi connectivity index (χ4v) is 2.56. The maximum absolute atomic E-state index is 5.18. The lowest BCUT2D eigenvalue weighted by molar-refractivity contribution is 0.414. The van der Waals surface area contributed by atoms with E-state index in [0.717, 1.165) is 29.4 Å². The molecule has 5 nitrogen and oxygen atoms in total. The summed E-state index contributed by atoms with van der Waals surface area (Å²) in [5, 5.41) is 3.35. The van der Waals surface area contributed by atoms with Crippen LogP contribution in [-0.4, -0.2) is 23.6 Å². The Balaban J connectivity index is 1.72. The first-order valence-corrected chi connectivity index (χ1v) is 8.32. The third kappa shape index (κ3) is 4.26. The van der Waals surface area contributed by atoms with Gasteiger partial charge < -0.3 is 15.0 Å². The predicted molar refractivity (Wildman–Crippen MR) is 101 cm³/mol. The van der Waals surface area contributed by atoms with Gasteiger partial charge in [0, 0.05) is 25.0 Å². The highest BCUT2D eigenvalue weighted by Gasteiger charge is 2.10. The first-order valence-electron chi connectivity index (χ1n) is 8.32. The van der Waals surface area contributed by atoms with Crippen LogP contribution in [0.3, 0.4) is 0 Å². The van der Waals surface area contributed by atoms with Gasteiger partial charge in [-0.25, -0.2) is 4.98 Å². The van der Waals surface area contributed by atoms with Gasteiger partial charge in [0.2, 0.25) is 5.95 Å². The van der Waals surface area contributed by atoms with E-state index in [1.165, 1.54) is 0 Å². The van der Waals surface area contributed by atoms with Gasteiger partial charge in [-0.2, -0.15) is 4.98 Å². The topological polar surface area (TPSA) is 50.3 Å². The second-order valence-corrected chi connectivity index (χ2v) is 5.52. The fourth-order valence-electron chi connectivity index (χ4n) is 2.56. The number of nitrogens with one attached hydrogen (secondary N) is 1. The van der Waals surface area contributed by atoms with Crippen molar-refractivity contribution < 1.29 is 4.74 Å². The molecule has 1 aromatic heterocycles. The minimum absolute atomic E-state index is 0.688. The Hall–Kier alpha value is -3.08.